The summed E-state index contributed by atoms with van der Waals surface area (Å²) < 4.78 is 5.30. The summed E-state index contributed by atoms with van der Waals surface area (Å²) in [6.07, 6.45) is 0. The highest BCUT2D eigenvalue weighted by Gasteiger charge is 2.17. The monoisotopic (exact) mass is 735 g/mol. The van der Waals surface area contributed by atoms with Crippen LogP contribution in [0.2, 0.25) is 0 Å². The van der Waals surface area contributed by atoms with Gasteiger partial charge in [-0.3, -0.25) is 0 Å². The van der Waals surface area contributed by atoms with Gasteiger partial charge in [0.2, 0.25) is 0 Å². The number of thiophene rings is 2. The zero-order valence-electron chi connectivity index (χ0n) is 29.8. The number of benzene rings is 9. The van der Waals surface area contributed by atoms with Crippen molar-refractivity contribution in [2.45, 2.75) is 0 Å². The summed E-state index contributed by atoms with van der Waals surface area (Å²) in [5.41, 5.74) is 10.7. The molecular weight excluding hydrogens is 703 g/mol. The normalized spacial score (nSPS) is 11.6. The first-order valence-electron chi connectivity index (χ1n) is 18.7. The minimum Gasteiger partial charge on any atom is -0.310 e. The molecule has 0 aliphatic rings. The van der Waals surface area contributed by atoms with E-state index in [2.05, 4.69) is 205 Å². The van der Waals surface area contributed by atoms with Gasteiger partial charge in [-0.25, -0.2) is 0 Å². The topological polar surface area (TPSA) is 3.24 Å². The van der Waals surface area contributed by atoms with Crippen LogP contribution in [0.4, 0.5) is 17.1 Å². The fourth-order valence-corrected chi connectivity index (χ4v) is 10.5. The highest BCUT2D eigenvalue weighted by atomic mass is 32.1. The molecule has 0 unspecified atom stereocenters. The zero-order valence-corrected chi connectivity index (χ0v) is 31.4. The van der Waals surface area contributed by atoms with Gasteiger partial charge in [0.1, 0.15) is 0 Å². The smallest absolute Gasteiger partial charge is 0.0467 e. The van der Waals surface area contributed by atoms with Gasteiger partial charge >= 0.3 is 0 Å². The molecule has 0 N–H and O–H groups in total. The van der Waals surface area contributed by atoms with Crippen LogP contribution in [0.25, 0.3) is 84.5 Å². The van der Waals surface area contributed by atoms with Crippen molar-refractivity contribution in [1.29, 1.82) is 0 Å². The van der Waals surface area contributed by atoms with Gasteiger partial charge in [0, 0.05) is 57.4 Å². The summed E-state index contributed by atoms with van der Waals surface area (Å²) >= 11 is 3.73. The van der Waals surface area contributed by atoms with E-state index in [-0.39, 0.29) is 0 Å². The first kappa shape index (κ1) is 32.0. The van der Waals surface area contributed by atoms with Crippen LogP contribution < -0.4 is 4.90 Å². The quantitative estimate of drug-likeness (QED) is 0.164. The fraction of sp³-hybridized carbons (Fsp3) is 0. The van der Waals surface area contributed by atoms with Crippen molar-refractivity contribution in [3.63, 3.8) is 0 Å². The number of hydrogen-bond acceptors (Lipinski definition) is 3. The lowest BCUT2D eigenvalue weighted by Crippen LogP contribution is -2.10. The molecular formula is C52H33NS2. The summed E-state index contributed by atoms with van der Waals surface area (Å²) in [4.78, 5) is 2.39. The third-order valence-electron chi connectivity index (χ3n) is 10.9. The zero-order chi connectivity index (χ0) is 36.3. The van der Waals surface area contributed by atoms with Crippen LogP contribution in [0, 0.1) is 0 Å². The molecule has 0 radical (unpaired) electrons. The third kappa shape index (κ3) is 5.51. The van der Waals surface area contributed by atoms with E-state index in [0.717, 1.165) is 17.1 Å². The lowest BCUT2D eigenvalue weighted by Gasteiger charge is -2.26. The van der Waals surface area contributed by atoms with E-state index in [1.807, 2.05) is 22.7 Å². The standard InChI is InChI=1S/C52H33NS2/c1-2-14-42-35(10-1)11-8-17-43(42)38-12-7-13-41(32-38)53(39-27-22-34(23-28-39)37-26-31-50-47(33-37)45-15-3-5-19-48(45)54-50)40-29-24-36(25-30-40)44-18-9-21-51-52(44)46-16-4-6-20-49(46)55-51/h1-33H. The van der Waals surface area contributed by atoms with Gasteiger partial charge in [0.25, 0.3) is 0 Å². The van der Waals surface area contributed by atoms with Gasteiger partial charge in [0.15, 0.2) is 0 Å². The number of fused-ring (bicyclic) bond motifs is 7. The van der Waals surface area contributed by atoms with Gasteiger partial charge in [-0.15, -0.1) is 22.7 Å². The van der Waals surface area contributed by atoms with Crippen LogP contribution in [0.3, 0.4) is 0 Å². The summed E-state index contributed by atoms with van der Waals surface area (Å²) in [5, 5.41) is 7.80. The molecule has 3 heteroatoms. The highest BCUT2D eigenvalue weighted by molar-refractivity contribution is 7.26. The van der Waals surface area contributed by atoms with E-state index >= 15 is 0 Å². The summed E-state index contributed by atoms with van der Waals surface area (Å²) in [7, 11) is 0. The van der Waals surface area contributed by atoms with Gasteiger partial charge in [0.05, 0.1) is 0 Å². The van der Waals surface area contributed by atoms with Crippen LogP contribution >= 0.6 is 22.7 Å². The number of hydrogen-bond donors (Lipinski definition) is 0. The van der Waals surface area contributed by atoms with Crippen molar-refractivity contribution in [3.8, 4) is 33.4 Å². The predicted octanol–water partition coefficient (Wildman–Crippen LogP) is 16.0. The van der Waals surface area contributed by atoms with Gasteiger partial charge in [-0.2, -0.15) is 0 Å². The first-order valence-corrected chi connectivity index (χ1v) is 20.3. The molecule has 0 bridgehead atoms. The molecule has 2 heterocycles. The molecule has 0 atom stereocenters. The molecule has 11 aromatic rings. The third-order valence-corrected chi connectivity index (χ3v) is 13.2. The number of nitrogens with zero attached hydrogens (tertiary/aromatic N) is 1. The molecule has 0 saturated heterocycles. The van der Waals surface area contributed by atoms with Crippen molar-refractivity contribution in [2.75, 3.05) is 4.90 Å². The Hall–Kier alpha value is -6.52. The average molecular weight is 736 g/mol. The molecule has 0 fully saturated rings. The summed E-state index contributed by atoms with van der Waals surface area (Å²) in [6.45, 7) is 0. The van der Waals surface area contributed by atoms with Crippen LogP contribution in [0.15, 0.2) is 200 Å². The van der Waals surface area contributed by atoms with Crippen LogP contribution in [0.5, 0.6) is 0 Å². The summed E-state index contributed by atoms with van der Waals surface area (Å²) in [6, 6.07) is 73.4. The Kier molecular flexibility index (Phi) is 7.61. The highest BCUT2D eigenvalue weighted by Crippen LogP contribution is 2.43. The molecule has 11 rings (SSSR count). The molecule has 9 aromatic carbocycles. The maximum atomic E-state index is 2.39. The molecule has 0 saturated carbocycles. The lowest BCUT2D eigenvalue weighted by atomic mass is 9.97. The number of rotatable bonds is 6. The van der Waals surface area contributed by atoms with E-state index in [4.69, 9.17) is 0 Å². The SMILES string of the molecule is c1cc(-c2cccc3ccccc23)cc(N(c2ccc(-c3ccc4sc5ccccc5c4c3)cc2)c2ccc(-c3cccc4sc5ccccc5c34)cc2)c1. The maximum Gasteiger partial charge on any atom is 0.0467 e. The minimum absolute atomic E-state index is 1.11. The van der Waals surface area contributed by atoms with Crippen molar-refractivity contribution in [3.05, 3.63) is 200 Å². The Balaban J connectivity index is 1.02. The Bertz CT molecular complexity index is 3200. The molecule has 2 aromatic heterocycles. The van der Waals surface area contributed by atoms with Gasteiger partial charge < -0.3 is 4.90 Å². The maximum absolute atomic E-state index is 2.39. The molecule has 0 aliphatic carbocycles. The molecule has 1 nitrogen and oxygen atoms in total. The van der Waals surface area contributed by atoms with Crippen molar-refractivity contribution in [2.24, 2.45) is 0 Å². The molecule has 0 aliphatic heterocycles. The molecule has 0 spiro atoms. The average Bonchev–Trinajstić information content (AvgIpc) is 3.83. The van der Waals surface area contributed by atoms with Crippen molar-refractivity contribution in [1.82, 2.24) is 0 Å². The summed E-state index contributed by atoms with van der Waals surface area (Å²) in [5.74, 6) is 0. The first-order chi connectivity index (χ1) is 27.2. The largest absolute Gasteiger partial charge is 0.310 e. The van der Waals surface area contributed by atoms with Crippen molar-refractivity contribution < 1.29 is 0 Å². The second kappa shape index (κ2) is 13.1. The van der Waals surface area contributed by atoms with E-state index < -0.39 is 0 Å². The van der Waals surface area contributed by atoms with Crippen LogP contribution in [-0.4, -0.2) is 0 Å². The Morgan fingerprint density at radius 3 is 1.67 bits per heavy atom. The Morgan fingerprint density at radius 1 is 0.291 bits per heavy atom. The van der Waals surface area contributed by atoms with E-state index in [9.17, 15) is 0 Å². The van der Waals surface area contributed by atoms with Gasteiger partial charge in [-0.1, -0.05) is 133 Å². The van der Waals surface area contributed by atoms with E-state index in [1.165, 1.54) is 84.5 Å². The lowest BCUT2D eigenvalue weighted by molar-refractivity contribution is 1.28. The van der Waals surface area contributed by atoms with Gasteiger partial charge in [-0.05, 0) is 111 Å². The second-order valence-electron chi connectivity index (χ2n) is 14.1. The van der Waals surface area contributed by atoms with Crippen LogP contribution in [0.1, 0.15) is 0 Å². The van der Waals surface area contributed by atoms with Crippen molar-refractivity contribution >= 4 is 90.9 Å². The van der Waals surface area contributed by atoms with E-state index in [0.29, 0.717) is 0 Å². The Labute approximate surface area is 327 Å². The second-order valence-corrected chi connectivity index (χ2v) is 16.3. The fourth-order valence-electron chi connectivity index (χ4n) is 8.25. The van der Waals surface area contributed by atoms with Crippen LogP contribution in [-0.2, 0) is 0 Å². The number of anilines is 3. The Morgan fingerprint density at radius 2 is 0.855 bits per heavy atom. The minimum atomic E-state index is 1.11. The predicted molar refractivity (Wildman–Crippen MR) is 241 cm³/mol. The molecule has 258 valence electrons. The molecule has 0 amide bonds. The molecule has 55 heavy (non-hydrogen) atoms. The van der Waals surface area contributed by atoms with E-state index in [1.54, 1.807) is 0 Å².